The molecule has 0 heterocycles. The third kappa shape index (κ3) is 5.17. The fraction of sp³-hybridized carbons (Fsp3) is 0.0952. The Labute approximate surface area is 167 Å². The van der Waals surface area contributed by atoms with E-state index in [1.54, 1.807) is 12.1 Å². The van der Waals surface area contributed by atoms with Gasteiger partial charge in [-0.1, -0.05) is 42.5 Å². The molecule has 8 heteroatoms. The maximum absolute atomic E-state index is 13.9. The fourth-order valence-electron chi connectivity index (χ4n) is 2.72. The Hall–Kier alpha value is -3.26. The smallest absolute Gasteiger partial charge is 0.264 e. The van der Waals surface area contributed by atoms with Gasteiger partial charge in [0.05, 0.1) is 11.3 Å². The number of amides is 1. The summed E-state index contributed by atoms with van der Waals surface area (Å²) in [4.78, 5) is 11.8. The number of para-hydroxylation sites is 1. The van der Waals surface area contributed by atoms with E-state index in [0.717, 1.165) is 17.7 Å². The second-order valence-electron chi connectivity index (χ2n) is 6.22. The van der Waals surface area contributed by atoms with Crippen LogP contribution < -0.4 is 10.0 Å². The van der Waals surface area contributed by atoms with Crippen LogP contribution >= 0.6 is 0 Å². The molecule has 0 aliphatic carbocycles. The lowest BCUT2D eigenvalue weighted by atomic mass is 10.1. The van der Waals surface area contributed by atoms with Crippen molar-refractivity contribution in [1.29, 1.82) is 0 Å². The van der Waals surface area contributed by atoms with E-state index in [-0.39, 0.29) is 11.3 Å². The van der Waals surface area contributed by atoms with Gasteiger partial charge in [0.25, 0.3) is 15.9 Å². The Morgan fingerprint density at radius 1 is 0.897 bits per heavy atom. The Bertz CT molecular complexity index is 1120. The summed E-state index contributed by atoms with van der Waals surface area (Å²) in [5, 5.41) is 2.73. The number of hydrogen-bond donors (Lipinski definition) is 2. The van der Waals surface area contributed by atoms with E-state index >= 15 is 0 Å². The Morgan fingerprint density at radius 3 is 2.31 bits per heavy atom. The molecule has 29 heavy (non-hydrogen) atoms. The number of carbonyl (C=O) groups excluding carboxylic acids is 1. The minimum atomic E-state index is -4.35. The first kappa shape index (κ1) is 20.5. The van der Waals surface area contributed by atoms with Crippen molar-refractivity contribution >= 4 is 21.6 Å². The van der Waals surface area contributed by atoms with Crippen LogP contribution in [0.15, 0.2) is 77.7 Å². The second-order valence-corrected chi connectivity index (χ2v) is 7.87. The molecule has 0 saturated carbocycles. The molecule has 3 rings (SSSR count). The Kier molecular flexibility index (Phi) is 6.23. The van der Waals surface area contributed by atoms with Gasteiger partial charge in [-0.3, -0.25) is 9.52 Å². The van der Waals surface area contributed by atoms with Crippen molar-refractivity contribution in [3.05, 3.63) is 95.6 Å². The van der Waals surface area contributed by atoms with E-state index in [1.165, 1.54) is 12.1 Å². The predicted molar refractivity (Wildman–Crippen MR) is 106 cm³/mol. The van der Waals surface area contributed by atoms with Crippen LogP contribution in [0.1, 0.15) is 15.9 Å². The maximum atomic E-state index is 13.9. The predicted octanol–water partition coefficient (Wildman–Crippen LogP) is 3.74. The van der Waals surface area contributed by atoms with Gasteiger partial charge in [0.15, 0.2) is 0 Å². The molecule has 5 nitrogen and oxygen atoms in total. The van der Waals surface area contributed by atoms with Crippen molar-refractivity contribution in [2.24, 2.45) is 0 Å². The van der Waals surface area contributed by atoms with E-state index in [0.29, 0.717) is 19.0 Å². The van der Waals surface area contributed by atoms with Gasteiger partial charge in [0.1, 0.15) is 16.5 Å². The van der Waals surface area contributed by atoms with Crippen LogP contribution in [-0.2, 0) is 16.4 Å². The molecule has 0 unspecified atom stereocenters. The number of anilines is 1. The molecule has 0 aromatic heterocycles. The van der Waals surface area contributed by atoms with Crippen molar-refractivity contribution < 1.29 is 22.0 Å². The SMILES string of the molecule is O=C(NCCc1ccccc1)c1ccccc1NS(=O)(=O)c1ccc(F)cc1F. The highest BCUT2D eigenvalue weighted by Crippen LogP contribution is 2.22. The summed E-state index contributed by atoms with van der Waals surface area (Å²) in [5.74, 6) is -2.58. The van der Waals surface area contributed by atoms with E-state index in [9.17, 15) is 22.0 Å². The maximum Gasteiger partial charge on any atom is 0.264 e. The third-order valence-electron chi connectivity index (χ3n) is 4.14. The molecule has 2 N–H and O–H groups in total. The fourth-order valence-corrected chi connectivity index (χ4v) is 3.86. The van der Waals surface area contributed by atoms with Gasteiger partial charge < -0.3 is 5.32 Å². The molecular weight excluding hydrogens is 398 g/mol. The highest BCUT2D eigenvalue weighted by atomic mass is 32.2. The van der Waals surface area contributed by atoms with E-state index in [1.807, 2.05) is 30.3 Å². The van der Waals surface area contributed by atoms with Crippen molar-refractivity contribution in [2.45, 2.75) is 11.3 Å². The highest BCUT2D eigenvalue weighted by molar-refractivity contribution is 7.92. The molecule has 0 radical (unpaired) electrons. The van der Waals surface area contributed by atoms with Crippen molar-refractivity contribution in [1.82, 2.24) is 5.32 Å². The minimum Gasteiger partial charge on any atom is -0.352 e. The van der Waals surface area contributed by atoms with Crippen molar-refractivity contribution in [3.8, 4) is 0 Å². The van der Waals surface area contributed by atoms with Gasteiger partial charge in [-0.05, 0) is 36.2 Å². The zero-order chi connectivity index (χ0) is 20.9. The van der Waals surface area contributed by atoms with Crippen LogP contribution in [0.25, 0.3) is 0 Å². The first-order valence-corrected chi connectivity index (χ1v) is 10.2. The number of rotatable bonds is 7. The quantitative estimate of drug-likeness (QED) is 0.616. The van der Waals surface area contributed by atoms with Crippen LogP contribution in [0.4, 0.5) is 14.5 Å². The monoisotopic (exact) mass is 416 g/mol. The molecule has 0 spiro atoms. The van der Waals surface area contributed by atoms with Gasteiger partial charge in [-0.15, -0.1) is 0 Å². The van der Waals surface area contributed by atoms with Crippen LogP contribution in [0.2, 0.25) is 0 Å². The van der Waals surface area contributed by atoms with Gasteiger partial charge in [-0.2, -0.15) is 0 Å². The van der Waals surface area contributed by atoms with E-state index in [2.05, 4.69) is 10.0 Å². The standard InChI is InChI=1S/C21H18F2N2O3S/c22-16-10-11-20(18(23)14-16)29(27,28)25-19-9-5-4-8-17(19)21(26)24-13-12-15-6-2-1-3-7-15/h1-11,14,25H,12-13H2,(H,24,26). The van der Waals surface area contributed by atoms with Gasteiger partial charge in [0, 0.05) is 12.6 Å². The van der Waals surface area contributed by atoms with E-state index < -0.39 is 32.5 Å². The number of hydrogen-bond acceptors (Lipinski definition) is 3. The zero-order valence-electron chi connectivity index (χ0n) is 15.2. The summed E-state index contributed by atoms with van der Waals surface area (Å²) in [6.45, 7) is 0.358. The topological polar surface area (TPSA) is 75.3 Å². The van der Waals surface area contributed by atoms with Crippen LogP contribution in [-0.4, -0.2) is 20.9 Å². The number of nitrogens with one attached hydrogen (secondary N) is 2. The summed E-state index contributed by atoms with van der Waals surface area (Å²) in [5.41, 5.74) is 1.13. The summed E-state index contributed by atoms with van der Waals surface area (Å²) >= 11 is 0. The molecule has 0 fully saturated rings. The zero-order valence-corrected chi connectivity index (χ0v) is 16.0. The van der Waals surface area contributed by atoms with Crippen LogP contribution in [0.5, 0.6) is 0 Å². The molecule has 0 bridgehead atoms. The number of halogens is 2. The lowest BCUT2D eigenvalue weighted by Gasteiger charge is -2.13. The van der Waals surface area contributed by atoms with Crippen LogP contribution in [0, 0.1) is 11.6 Å². The molecule has 150 valence electrons. The number of benzene rings is 3. The average Bonchev–Trinajstić information content (AvgIpc) is 2.68. The molecule has 0 atom stereocenters. The molecule has 0 saturated heterocycles. The molecule has 3 aromatic carbocycles. The number of carbonyl (C=O) groups is 1. The third-order valence-corrected chi connectivity index (χ3v) is 5.54. The molecule has 1 amide bonds. The Morgan fingerprint density at radius 2 is 1.59 bits per heavy atom. The van der Waals surface area contributed by atoms with E-state index in [4.69, 9.17) is 0 Å². The lowest BCUT2D eigenvalue weighted by Crippen LogP contribution is -2.27. The van der Waals surface area contributed by atoms with Crippen LogP contribution in [0.3, 0.4) is 0 Å². The van der Waals surface area contributed by atoms with Crippen molar-refractivity contribution in [3.63, 3.8) is 0 Å². The van der Waals surface area contributed by atoms with Gasteiger partial charge >= 0.3 is 0 Å². The lowest BCUT2D eigenvalue weighted by molar-refractivity contribution is 0.0955. The summed E-state index contributed by atoms with van der Waals surface area (Å²) in [6.07, 6.45) is 0.612. The molecule has 3 aromatic rings. The largest absolute Gasteiger partial charge is 0.352 e. The highest BCUT2D eigenvalue weighted by Gasteiger charge is 2.22. The summed E-state index contributed by atoms with van der Waals surface area (Å²) in [6, 6.07) is 17.7. The average molecular weight is 416 g/mol. The first-order valence-electron chi connectivity index (χ1n) is 8.76. The normalized spacial score (nSPS) is 11.1. The molecular formula is C21H18F2N2O3S. The van der Waals surface area contributed by atoms with Crippen molar-refractivity contribution in [2.75, 3.05) is 11.3 Å². The summed E-state index contributed by atoms with van der Waals surface area (Å²) in [7, 11) is -4.35. The number of sulfonamides is 1. The van der Waals surface area contributed by atoms with Gasteiger partial charge in [0.2, 0.25) is 0 Å². The van der Waals surface area contributed by atoms with Gasteiger partial charge in [-0.25, -0.2) is 17.2 Å². The minimum absolute atomic E-state index is 0.00608. The first-order chi connectivity index (χ1) is 13.9. The molecule has 0 aliphatic heterocycles. The molecule has 0 aliphatic rings. The summed E-state index contributed by atoms with van der Waals surface area (Å²) < 4.78 is 54.2. The Balaban J connectivity index is 1.75. The second kappa shape index (κ2) is 8.83.